The van der Waals surface area contributed by atoms with Crippen LogP contribution in [0.2, 0.25) is 0 Å². The average Bonchev–Trinajstić information content (AvgIpc) is 2.38. The van der Waals surface area contributed by atoms with Crippen molar-refractivity contribution in [3.05, 3.63) is 68.9 Å². The zero-order chi connectivity index (χ0) is 14.7. The molecule has 106 valence electrons. The van der Waals surface area contributed by atoms with Gasteiger partial charge in [0.2, 0.25) is 0 Å². The zero-order valence-corrected chi connectivity index (χ0v) is 13.4. The van der Waals surface area contributed by atoms with E-state index in [1.54, 1.807) is 12.1 Å². The maximum atomic E-state index is 13.7. The number of rotatable bonds is 4. The fourth-order valence-electron chi connectivity index (χ4n) is 2.29. The molecule has 0 saturated carbocycles. The number of aryl methyl sites for hydroxylation is 2. The van der Waals surface area contributed by atoms with Crippen LogP contribution in [0.1, 0.15) is 22.3 Å². The third-order valence-electron chi connectivity index (χ3n) is 3.56. The van der Waals surface area contributed by atoms with Gasteiger partial charge in [0.25, 0.3) is 0 Å². The van der Waals surface area contributed by atoms with Gasteiger partial charge in [-0.3, -0.25) is 0 Å². The first kappa shape index (κ1) is 15.2. The molecule has 3 heteroatoms. The quantitative estimate of drug-likeness (QED) is 0.884. The van der Waals surface area contributed by atoms with Gasteiger partial charge in [-0.15, -0.1) is 0 Å². The number of benzene rings is 2. The van der Waals surface area contributed by atoms with E-state index in [4.69, 9.17) is 5.73 Å². The van der Waals surface area contributed by atoms with E-state index in [2.05, 4.69) is 48.0 Å². The summed E-state index contributed by atoms with van der Waals surface area (Å²) in [7, 11) is 0. The Morgan fingerprint density at radius 3 is 2.50 bits per heavy atom. The van der Waals surface area contributed by atoms with E-state index in [1.165, 1.54) is 22.8 Å². The van der Waals surface area contributed by atoms with Gasteiger partial charge < -0.3 is 5.73 Å². The maximum Gasteiger partial charge on any atom is 0.126 e. The summed E-state index contributed by atoms with van der Waals surface area (Å²) in [6, 6.07) is 11.3. The molecule has 0 fully saturated rings. The normalized spacial score (nSPS) is 12.4. The van der Waals surface area contributed by atoms with Crippen molar-refractivity contribution in [1.82, 2.24) is 0 Å². The molecule has 0 heterocycles. The molecular formula is C17H19BrFN. The molecule has 0 aliphatic rings. The second kappa shape index (κ2) is 6.51. The molecule has 0 aliphatic heterocycles. The summed E-state index contributed by atoms with van der Waals surface area (Å²) in [4.78, 5) is 0. The van der Waals surface area contributed by atoms with Gasteiger partial charge in [0.1, 0.15) is 5.82 Å². The summed E-state index contributed by atoms with van der Waals surface area (Å²) in [5.41, 5.74) is 10.6. The van der Waals surface area contributed by atoms with Gasteiger partial charge in [-0.1, -0.05) is 34.1 Å². The molecule has 1 nitrogen and oxygen atoms in total. The minimum absolute atomic E-state index is 0.0825. The Labute approximate surface area is 128 Å². The van der Waals surface area contributed by atoms with Crippen LogP contribution >= 0.6 is 15.9 Å². The minimum atomic E-state index is -0.191. The summed E-state index contributed by atoms with van der Waals surface area (Å²) in [6.07, 6.45) is 1.30. The van der Waals surface area contributed by atoms with Crippen molar-refractivity contribution < 1.29 is 4.39 Å². The lowest BCUT2D eigenvalue weighted by molar-refractivity contribution is 0.583. The molecule has 1 atom stereocenters. The first-order valence-corrected chi connectivity index (χ1v) is 7.50. The maximum absolute atomic E-state index is 13.7. The molecule has 0 amide bonds. The average molecular weight is 336 g/mol. The van der Waals surface area contributed by atoms with Crippen molar-refractivity contribution in [2.45, 2.75) is 32.7 Å². The molecule has 20 heavy (non-hydrogen) atoms. The molecule has 2 aromatic rings. The van der Waals surface area contributed by atoms with E-state index < -0.39 is 0 Å². The van der Waals surface area contributed by atoms with Gasteiger partial charge in [0.05, 0.1) is 0 Å². The largest absolute Gasteiger partial charge is 0.327 e. The SMILES string of the molecule is Cc1ccc(CC(N)Cc2cc(Br)ccc2F)cc1C. The number of nitrogens with two attached hydrogens (primary N) is 1. The van der Waals surface area contributed by atoms with Gasteiger partial charge in [0, 0.05) is 10.5 Å². The Balaban J connectivity index is 2.06. The summed E-state index contributed by atoms with van der Waals surface area (Å²) < 4.78 is 14.6. The molecule has 1 unspecified atom stereocenters. The van der Waals surface area contributed by atoms with Crippen molar-refractivity contribution in [3.8, 4) is 0 Å². The Kier molecular flexibility index (Phi) is 4.95. The van der Waals surface area contributed by atoms with Crippen molar-refractivity contribution >= 4 is 15.9 Å². The first-order chi connectivity index (χ1) is 9.45. The number of hydrogen-bond donors (Lipinski definition) is 1. The highest BCUT2D eigenvalue weighted by atomic mass is 79.9. The van der Waals surface area contributed by atoms with E-state index >= 15 is 0 Å². The monoisotopic (exact) mass is 335 g/mol. The fourth-order valence-corrected chi connectivity index (χ4v) is 2.70. The van der Waals surface area contributed by atoms with Gasteiger partial charge in [-0.05, 0) is 67.1 Å². The van der Waals surface area contributed by atoms with Crippen LogP contribution in [-0.4, -0.2) is 6.04 Å². The highest BCUT2D eigenvalue weighted by Gasteiger charge is 2.10. The standard InChI is InChI=1S/C17H19BrFN/c1-11-3-4-13(7-12(11)2)8-16(20)10-14-9-15(18)5-6-17(14)19/h3-7,9,16H,8,10,20H2,1-2H3. The van der Waals surface area contributed by atoms with Crippen LogP contribution in [0.3, 0.4) is 0 Å². The highest BCUT2D eigenvalue weighted by molar-refractivity contribution is 9.10. The minimum Gasteiger partial charge on any atom is -0.327 e. The predicted octanol–water partition coefficient (Wildman–Crippen LogP) is 4.32. The lowest BCUT2D eigenvalue weighted by atomic mass is 9.97. The third kappa shape index (κ3) is 3.90. The van der Waals surface area contributed by atoms with Crippen LogP contribution in [0, 0.1) is 19.7 Å². The Hall–Kier alpha value is -1.19. The topological polar surface area (TPSA) is 26.0 Å². The van der Waals surface area contributed by atoms with Crippen LogP contribution in [0.25, 0.3) is 0 Å². The van der Waals surface area contributed by atoms with E-state index in [1.807, 2.05) is 0 Å². The van der Waals surface area contributed by atoms with Gasteiger partial charge in [0.15, 0.2) is 0 Å². The Morgan fingerprint density at radius 2 is 1.80 bits per heavy atom. The molecule has 0 aliphatic carbocycles. The molecular weight excluding hydrogens is 317 g/mol. The molecule has 0 radical (unpaired) electrons. The molecule has 0 bridgehead atoms. The van der Waals surface area contributed by atoms with Crippen molar-refractivity contribution in [2.24, 2.45) is 5.73 Å². The van der Waals surface area contributed by atoms with Gasteiger partial charge in [-0.25, -0.2) is 4.39 Å². The number of hydrogen-bond acceptors (Lipinski definition) is 1. The summed E-state index contributed by atoms with van der Waals surface area (Å²) in [6.45, 7) is 4.19. The lowest BCUT2D eigenvalue weighted by Gasteiger charge is -2.14. The fraction of sp³-hybridized carbons (Fsp3) is 0.294. The van der Waals surface area contributed by atoms with Crippen molar-refractivity contribution in [2.75, 3.05) is 0 Å². The second-order valence-corrected chi connectivity index (χ2v) is 6.24. The lowest BCUT2D eigenvalue weighted by Crippen LogP contribution is -2.26. The second-order valence-electron chi connectivity index (χ2n) is 5.32. The first-order valence-electron chi connectivity index (χ1n) is 6.71. The Morgan fingerprint density at radius 1 is 1.05 bits per heavy atom. The summed E-state index contributed by atoms with van der Waals surface area (Å²) in [5, 5.41) is 0. The summed E-state index contributed by atoms with van der Waals surface area (Å²) >= 11 is 3.36. The van der Waals surface area contributed by atoms with Crippen molar-refractivity contribution in [3.63, 3.8) is 0 Å². The van der Waals surface area contributed by atoms with Gasteiger partial charge >= 0.3 is 0 Å². The zero-order valence-electron chi connectivity index (χ0n) is 11.8. The van der Waals surface area contributed by atoms with Crippen LogP contribution < -0.4 is 5.73 Å². The number of halogens is 2. The predicted molar refractivity (Wildman–Crippen MR) is 85.4 cm³/mol. The van der Waals surface area contributed by atoms with E-state index in [-0.39, 0.29) is 11.9 Å². The highest BCUT2D eigenvalue weighted by Crippen LogP contribution is 2.18. The van der Waals surface area contributed by atoms with E-state index in [0.717, 1.165) is 10.9 Å². The van der Waals surface area contributed by atoms with Gasteiger partial charge in [-0.2, -0.15) is 0 Å². The molecule has 0 saturated heterocycles. The summed E-state index contributed by atoms with van der Waals surface area (Å²) in [5.74, 6) is -0.191. The van der Waals surface area contributed by atoms with Crippen LogP contribution in [0.5, 0.6) is 0 Å². The van der Waals surface area contributed by atoms with Crippen molar-refractivity contribution in [1.29, 1.82) is 0 Å². The van der Waals surface area contributed by atoms with E-state index in [9.17, 15) is 4.39 Å². The van der Waals surface area contributed by atoms with Crippen LogP contribution in [-0.2, 0) is 12.8 Å². The third-order valence-corrected chi connectivity index (χ3v) is 4.05. The molecule has 0 spiro atoms. The van der Waals surface area contributed by atoms with Crippen LogP contribution in [0.4, 0.5) is 4.39 Å². The molecule has 0 aromatic heterocycles. The smallest absolute Gasteiger partial charge is 0.126 e. The van der Waals surface area contributed by atoms with E-state index in [0.29, 0.717) is 12.0 Å². The van der Waals surface area contributed by atoms with Crippen LogP contribution in [0.15, 0.2) is 40.9 Å². The molecule has 2 N–H and O–H groups in total. The molecule has 2 aromatic carbocycles. The Bertz CT molecular complexity index is 610. The molecule has 2 rings (SSSR count).